The van der Waals surface area contributed by atoms with Gasteiger partial charge in [-0.05, 0) is 73.2 Å². The molecule has 0 saturated heterocycles. The van der Waals surface area contributed by atoms with Crippen LogP contribution >= 0.6 is 11.6 Å². The molecule has 0 aliphatic heterocycles. The molecule has 1 heteroatoms. The first-order chi connectivity index (χ1) is 10.5. The van der Waals surface area contributed by atoms with Crippen molar-refractivity contribution in [2.75, 3.05) is 0 Å². The molecule has 0 aromatic carbocycles. The summed E-state index contributed by atoms with van der Waals surface area (Å²) in [6, 6.07) is 0. The van der Waals surface area contributed by atoms with Crippen LogP contribution in [0.4, 0.5) is 0 Å². The van der Waals surface area contributed by atoms with Crippen molar-refractivity contribution < 1.29 is 0 Å². The molecule has 3 saturated carbocycles. The second kappa shape index (κ2) is 5.13. The van der Waals surface area contributed by atoms with E-state index in [9.17, 15) is 0 Å². The van der Waals surface area contributed by atoms with Gasteiger partial charge in [0.1, 0.15) is 0 Å². The molecule has 22 heavy (non-hydrogen) atoms. The molecule has 3 fully saturated rings. The van der Waals surface area contributed by atoms with Crippen LogP contribution in [0.2, 0.25) is 0 Å². The highest BCUT2D eigenvalue weighted by atomic mass is 35.5. The highest BCUT2D eigenvalue weighted by Gasteiger charge is 2.59. The number of hydrogen-bond acceptors (Lipinski definition) is 0. The van der Waals surface area contributed by atoms with Crippen molar-refractivity contribution >= 4 is 11.6 Å². The third-order valence-electron chi connectivity index (χ3n) is 8.27. The smallest absolute Gasteiger partial charge is 0.0556 e. The Morgan fingerprint density at radius 2 is 2.00 bits per heavy atom. The summed E-state index contributed by atoms with van der Waals surface area (Å²) in [6.07, 6.45) is 16.8. The summed E-state index contributed by atoms with van der Waals surface area (Å²) in [5.41, 5.74) is 2.40. The van der Waals surface area contributed by atoms with E-state index in [0.717, 1.165) is 30.1 Å². The second-order valence-electron chi connectivity index (χ2n) is 8.89. The van der Waals surface area contributed by atoms with Crippen LogP contribution < -0.4 is 0 Å². The van der Waals surface area contributed by atoms with Gasteiger partial charge >= 0.3 is 0 Å². The number of rotatable bonds is 1. The van der Waals surface area contributed by atoms with E-state index in [1.54, 1.807) is 5.57 Å². The van der Waals surface area contributed by atoms with E-state index in [-0.39, 0.29) is 10.8 Å². The van der Waals surface area contributed by atoms with Crippen molar-refractivity contribution in [2.45, 2.75) is 71.1 Å². The maximum Gasteiger partial charge on any atom is 0.0556 e. The number of fused-ring (bicyclic) bond motifs is 5. The highest BCUT2D eigenvalue weighted by molar-refractivity contribution is 6.22. The summed E-state index contributed by atoms with van der Waals surface area (Å²) >= 11 is 6.90. The first-order valence-corrected chi connectivity index (χ1v) is 9.96. The van der Waals surface area contributed by atoms with Gasteiger partial charge in [0, 0.05) is 5.41 Å². The quantitative estimate of drug-likeness (QED) is 0.390. The molecule has 0 bridgehead atoms. The molecule has 0 aromatic rings. The molecular formula is C21H31Cl. The van der Waals surface area contributed by atoms with Crippen LogP contribution in [-0.4, -0.2) is 5.38 Å². The lowest BCUT2D eigenvalue weighted by molar-refractivity contribution is -0.0333. The average Bonchev–Trinajstić information content (AvgIpc) is 2.84. The Kier molecular flexibility index (Phi) is 3.57. The number of alkyl halides is 1. The summed E-state index contributed by atoms with van der Waals surface area (Å²) in [6.45, 7) is 7.50. The van der Waals surface area contributed by atoms with Gasteiger partial charge in [0.25, 0.3) is 0 Å². The van der Waals surface area contributed by atoms with Crippen molar-refractivity contribution in [1.29, 1.82) is 0 Å². The summed E-state index contributed by atoms with van der Waals surface area (Å²) in [4.78, 5) is 0. The van der Waals surface area contributed by atoms with Gasteiger partial charge in [-0.1, -0.05) is 45.4 Å². The Morgan fingerprint density at radius 1 is 1.18 bits per heavy atom. The van der Waals surface area contributed by atoms with Crippen molar-refractivity contribution in [3.8, 4) is 0 Å². The Balaban J connectivity index is 1.71. The lowest BCUT2D eigenvalue weighted by atomic mass is 9.47. The molecule has 7 atom stereocenters. The molecule has 0 nitrogen and oxygen atoms in total. The molecule has 0 N–H and O–H groups in total. The van der Waals surface area contributed by atoms with Crippen LogP contribution in [0.25, 0.3) is 0 Å². The average molecular weight is 319 g/mol. The zero-order valence-electron chi connectivity index (χ0n) is 14.4. The summed E-state index contributed by atoms with van der Waals surface area (Å²) < 4.78 is 0. The maximum absolute atomic E-state index is 6.90. The molecule has 0 amide bonds. The van der Waals surface area contributed by atoms with Gasteiger partial charge in [0.15, 0.2) is 0 Å². The zero-order valence-corrected chi connectivity index (χ0v) is 15.2. The van der Waals surface area contributed by atoms with Crippen molar-refractivity contribution in [3.63, 3.8) is 0 Å². The van der Waals surface area contributed by atoms with E-state index >= 15 is 0 Å². The van der Waals surface area contributed by atoms with Crippen LogP contribution in [0.5, 0.6) is 0 Å². The minimum absolute atomic E-state index is 0.249. The highest BCUT2D eigenvalue weighted by Crippen LogP contribution is 2.66. The van der Waals surface area contributed by atoms with Gasteiger partial charge in [-0.3, -0.25) is 0 Å². The lowest BCUT2D eigenvalue weighted by Crippen LogP contribution is -2.51. The molecule has 0 aromatic heterocycles. The van der Waals surface area contributed by atoms with Crippen molar-refractivity contribution in [1.82, 2.24) is 0 Å². The van der Waals surface area contributed by atoms with Crippen LogP contribution in [0.3, 0.4) is 0 Å². The lowest BCUT2D eigenvalue weighted by Gasteiger charge is -2.58. The first kappa shape index (κ1) is 15.3. The molecule has 4 rings (SSSR count). The topological polar surface area (TPSA) is 0 Å². The third kappa shape index (κ3) is 1.89. The van der Waals surface area contributed by atoms with Gasteiger partial charge in [0.05, 0.1) is 5.38 Å². The van der Waals surface area contributed by atoms with Crippen LogP contribution in [0, 0.1) is 34.5 Å². The standard InChI is InChI=1S/C21H31Cl/c1-4-14-8-9-16-15-13-19(22)18-7-5-6-11-21(18,3)17(15)10-12-20(14,16)2/h6-7,11,14-17,19H,4-5,8-10,12-13H2,1-3H3/t14-,15-,16-,17-,19?,20+,21+/m0/s1. The van der Waals surface area contributed by atoms with Crippen LogP contribution in [0.15, 0.2) is 23.8 Å². The Morgan fingerprint density at radius 3 is 2.77 bits per heavy atom. The van der Waals surface area contributed by atoms with E-state index < -0.39 is 0 Å². The zero-order chi connectivity index (χ0) is 15.5. The largest absolute Gasteiger partial charge is 0.118 e. The Hall–Kier alpha value is -0.230. The predicted octanol–water partition coefficient (Wildman–Crippen LogP) is 6.36. The van der Waals surface area contributed by atoms with Crippen molar-refractivity contribution in [3.05, 3.63) is 23.8 Å². The summed E-state index contributed by atoms with van der Waals surface area (Å²) in [7, 11) is 0. The number of allylic oxidation sites excluding steroid dienone is 4. The minimum atomic E-state index is 0.249. The van der Waals surface area contributed by atoms with Crippen LogP contribution in [0.1, 0.15) is 65.7 Å². The molecule has 0 heterocycles. The molecule has 4 aliphatic rings. The van der Waals surface area contributed by atoms with Gasteiger partial charge < -0.3 is 0 Å². The van der Waals surface area contributed by atoms with Gasteiger partial charge in [-0.2, -0.15) is 0 Å². The Labute approximate surface area is 141 Å². The van der Waals surface area contributed by atoms with Gasteiger partial charge in [0.2, 0.25) is 0 Å². The maximum atomic E-state index is 6.90. The molecule has 4 aliphatic carbocycles. The summed E-state index contributed by atoms with van der Waals surface area (Å²) in [5, 5.41) is 0.277. The van der Waals surface area contributed by atoms with Gasteiger partial charge in [-0.15, -0.1) is 11.6 Å². The number of halogens is 1. The molecule has 0 spiro atoms. The molecular weight excluding hydrogens is 288 g/mol. The summed E-state index contributed by atoms with van der Waals surface area (Å²) in [5.74, 6) is 3.56. The van der Waals surface area contributed by atoms with E-state index in [0.29, 0.717) is 5.41 Å². The van der Waals surface area contributed by atoms with E-state index in [2.05, 4.69) is 39.0 Å². The second-order valence-corrected chi connectivity index (χ2v) is 9.41. The molecule has 122 valence electrons. The van der Waals surface area contributed by atoms with E-state index in [1.165, 1.54) is 38.5 Å². The van der Waals surface area contributed by atoms with Gasteiger partial charge in [-0.25, -0.2) is 0 Å². The normalized spacial score (nSPS) is 53.5. The number of hydrogen-bond donors (Lipinski definition) is 0. The first-order valence-electron chi connectivity index (χ1n) is 9.53. The molecule has 0 radical (unpaired) electrons. The van der Waals surface area contributed by atoms with E-state index in [4.69, 9.17) is 11.6 Å². The fraction of sp³-hybridized carbons (Fsp3) is 0.810. The van der Waals surface area contributed by atoms with Crippen LogP contribution in [-0.2, 0) is 0 Å². The van der Waals surface area contributed by atoms with E-state index in [1.807, 2.05) is 0 Å². The van der Waals surface area contributed by atoms with Crippen molar-refractivity contribution in [2.24, 2.45) is 34.5 Å². The molecule has 1 unspecified atom stereocenters. The SMILES string of the molecule is CC[C@H]1CC[C@H]2[C@@H]3CC(Cl)C4=CCC=C[C@]4(C)[C@H]3CC[C@]12C. The monoisotopic (exact) mass is 318 g/mol. The fourth-order valence-electron chi connectivity index (χ4n) is 7.13. The predicted molar refractivity (Wildman–Crippen MR) is 95.0 cm³/mol. The third-order valence-corrected chi connectivity index (χ3v) is 8.69. The fourth-order valence-corrected chi connectivity index (χ4v) is 7.66. The minimum Gasteiger partial charge on any atom is -0.118 e. The Bertz CT molecular complexity index is 518.